The van der Waals surface area contributed by atoms with Crippen molar-refractivity contribution in [2.24, 2.45) is 5.92 Å². The van der Waals surface area contributed by atoms with Crippen molar-refractivity contribution in [3.63, 3.8) is 0 Å². The molecule has 140 valence electrons. The normalized spacial score (nSPS) is 14.9. The molecule has 3 nitrogen and oxygen atoms in total. The quantitative estimate of drug-likeness (QED) is 0.429. The van der Waals surface area contributed by atoms with E-state index >= 15 is 0 Å². The lowest BCUT2D eigenvalue weighted by atomic mass is 9.96. The first kappa shape index (κ1) is 19.4. The third-order valence-corrected chi connectivity index (χ3v) is 5.40. The van der Waals surface area contributed by atoms with Crippen LogP contribution in [0.25, 0.3) is 0 Å². The topological polar surface area (TPSA) is 43.2 Å². The fraction of sp³-hybridized carbons (Fsp3) is 0.348. The molecule has 1 aliphatic carbocycles. The lowest BCUT2D eigenvalue weighted by molar-refractivity contribution is -0.117. The predicted molar refractivity (Wildman–Crippen MR) is 115 cm³/mol. The molecule has 27 heavy (non-hydrogen) atoms. The van der Waals surface area contributed by atoms with E-state index in [4.69, 9.17) is 11.6 Å². The number of hydrogen-bond donors (Lipinski definition) is 1. The maximum absolute atomic E-state index is 12.7. The Hall–Kier alpha value is -2.35. The van der Waals surface area contributed by atoms with Crippen LogP contribution in [0.5, 0.6) is 0 Å². The summed E-state index contributed by atoms with van der Waals surface area (Å²) in [5, 5.41) is 3.68. The Morgan fingerprint density at radius 2 is 1.78 bits per heavy atom. The zero-order valence-corrected chi connectivity index (χ0v) is 16.3. The van der Waals surface area contributed by atoms with Crippen LogP contribution in [0.3, 0.4) is 0 Å². The van der Waals surface area contributed by atoms with Crippen LogP contribution in [-0.2, 0) is 4.79 Å². The zero-order valence-electron chi connectivity index (χ0n) is 15.6. The van der Waals surface area contributed by atoms with Gasteiger partial charge in [-0.25, -0.2) is 0 Å². The summed E-state index contributed by atoms with van der Waals surface area (Å²) in [7, 11) is 0. The van der Waals surface area contributed by atoms with Gasteiger partial charge < -0.3 is 5.32 Å². The summed E-state index contributed by atoms with van der Waals surface area (Å²) in [6.45, 7) is 3.72. The molecule has 0 unspecified atom stereocenters. The van der Waals surface area contributed by atoms with Crippen LogP contribution >= 0.6 is 11.6 Å². The highest BCUT2D eigenvalue weighted by molar-refractivity contribution is 6.31. The monoisotopic (exact) mass is 381 g/mol. The highest BCUT2D eigenvalue weighted by atomic mass is 35.5. The van der Waals surface area contributed by atoms with Gasteiger partial charge in [-0.15, -0.1) is 0 Å². The molecule has 0 atom stereocenters. The van der Waals surface area contributed by atoms with Crippen molar-refractivity contribution in [2.75, 3.05) is 5.32 Å². The lowest BCUT2D eigenvalue weighted by Crippen LogP contribution is -2.19. The number of rotatable bonds is 5. The first-order chi connectivity index (χ1) is 13.2. The molecule has 0 bridgehead atoms. The van der Waals surface area contributed by atoms with E-state index in [9.17, 15) is 4.79 Å². The molecule has 0 aromatic heterocycles. The van der Waals surface area contributed by atoms with Crippen LogP contribution < -0.4 is 9.98 Å². The van der Waals surface area contributed by atoms with Gasteiger partial charge in [0.05, 0.1) is 16.8 Å². The summed E-state index contributed by atoms with van der Waals surface area (Å²) in [4.78, 5) is 12.7. The molecule has 0 heterocycles. The van der Waals surface area contributed by atoms with Gasteiger partial charge in [0.25, 0.3) is 6.72 Å². The fourth-order valence-electron chi connectivity index (χ4n) is 3.78. The molecule has 0 saturated heterocycles. The minimum Gasteiger partial charge on any atom is -0.325 e. The van der Waals surface area contributed by atoms with Crippen molar-refractivity contribution in [3.05, 3.63) is 64.7 Å². The van der Waals surface area contributed by atoms with Crippen molar-refractivity contribution in [3.8, 4) is 0 Å². The maximum atomic E-state index is 12.7. The molecule has 0 spiro atoms. The van der Waals surface area contributed by atoms with E-state index in [2.05, 4.69) is 16.7 Å². The number of hydrogen-bond acceptors (Lipinski definition) is 1. The molecule has 0 aliphatic heterocycles. The molecular formula is C23H26ClN2O+. The Morgan fingerprint density at radius 3 is 2.44 bits per heavy atom. The van der Waals surface area contributed by atoms with E-state index in [1.54, 1.807) is 6.07 Å². The molecule has 2 aromatic rings. The van der Waals surface area contributed by atoms with Gasteiger partial charge in [-0.3, -0.25) is 4.79 Å². The van der Waals surface area contributed by atoms with Gasteiger partial charge in [0.2, 0.25) is 5.91 Å². The number of benzene rings is 2. The number of nitrogens with one attached hydrogen (secondary N) is 1. The minimum absolute atomic E-state index is 0.0574. The smallest absolute Gasteiger partial charge is 0.325 e. The standard InChI is InChI=1S/C23H25ClN2O/c1-25-23(18-11-7-4-8-12-18)20-16-19(24)13-14-21(20)26-22(27)15-17-9-5-2-3-6-10-17/h4,7-8,11-14,16-17H,1-3,5-6,9-10,15H2/p+1. The van der Waals surface area contributed by atoms with Gasteiger partial charge in [-0.1, -0.05) is 60.2 Å². The van der Waals surface area contributed by atoms with E-state index in [1.807, 2.05) is 42.5 Å². The van der Waals surface area contributed by atoms with Gasteiger partial charge >= 0.3 is 5.71 Å². The number of nitrogens with zero attached hydrogens (tertiary/aromatic N) is 1. The Bertz CT molecular complexity index is 833. The summed E-state index contributed by atoms with van der Waals surface area (Å²) < 4.78 is 4.22. The third kappa shape index (κ3) is 5.32. The zero-order chi connectivity index (χ0) is 19.1. The average molecular weight is 382 g/mol. The van der Waals surface area contributed by atoms with Crippen LogP contribution in [0.2, 0.25) is 5.02 Å². The second kappa shape index (κ2) is 9.55. The summed E-state index contributed by atoms with van der Waals surface area (Å²) in [5.41, 5.74) is 3.17. The van der Waals surface area contributed by atoms with Crippen LogP contribution in [0.15, 0.2) is 48.5 Å². The summed E-state index contributed by atoms with van der Waals surface area (Å²) in [6, 6.07) is 15.3. The van der Waals surface area contributed by atoms with Crippen molar-refractivity contribution in [1.82, 2.24) is 4.67 Å². The molecule has 1 saturated carbocycles. The second-order valence-electron chi connectivity index (χ2n) is 7.17. The van der Waals surface area contributed by atoms with Crippen molar-refractivity contribution < 1.29 is 4.79 Å². The summed E-state index contributed by atoms with van der Waals surface area (Å²) in [5.74, 6) is 0.542. The highest BCUT2D eigenvalue weighted by Crippen LogP contribution is 2.27. The van der Waals surface area contributed by atoms with Crippen LogP contribution in [0, 0.1) is 5.92 Å². The van der Waals surface area contributed by atoms with E-state index in [0.29, 0.717) is 23.1 Å². The van der Waals surface area contributed by atoms with E-state index in [0.717, 1.165) is 29.7 Å². The molecule has 4 heteroatoms. The molecular weight excluding hydrogens is 356 g/mol. The summed E-state index contributed by atoms with van der Waals surface area (Å²) >= 11 is 6.23. The van der Waals surface area contributed by atoms with E-state index < -0.39 is 0 Å². The highest BCUT2D eigenvalue weighted by Gasteiger charge is 2.23. The predicted octanol–water partition coefficient (Wildman–Crippen LogP) is 5.24. The fourth-order valence-corrected chi connectivity index (χ4v) is 3.95. The number of carbonyl (C=O) groups excluding carboxylic acids is 1. The maximum Gasteiger partial charge on any atom is 0.342 e. The minimum atomic E-state index is 0.0574. The summed E-state index contributed by atoms with van der Waals surface area (Å²) in [6.07, 6.45) is 7.92. The van der Waals surface area contributed by atoms with Crippen molar-refractivity contribution >= 4 is 35.6 Å². The molecule has 2 aromatic carbocycles. The van der Waals surface area contributed by atoms with Gasteiger partial charge in [0.15, 0.2) is 0 Å². The van der Waals surface area contributed by atoms with Crippen molar-refractivity contribution in [1.29, 1.82) is 0 Å². The van der Waals surface area contributed by atoms with E-state index in [1.165, 1.54) is 25.7 Å². The largest absolute Gasteiger partial charge is 0.342 e. The molecule has 1 N–H and O–H groups in total. The Morgan fingerprint density at radius 1 is 1.07 bits per heavy atom. The first-order valence-electron chi connectivity index (χ1n) is 9.66. The Balaban J connectivity index is 1.81. The molecule has 3 rings (SSSR count). The van der Waals surface area contributed by atoms with E-state index in [-0.39, 0.29) is 5.91 Å². The molecule has 1 fully saturated rings. The molecule has 1 amide bonds. The first-order valence-corrected chi connectivity index (χ1v) is 10.0. The number of carbonyl (C=O) groups is 1. The second-order valence-corrected chi connectivity index (χ2v) is 7.61. The number of anilines is 1. The van der Waals surface area contributed by atoms with Gasteiger partial charge in [0.1, 0.15) is 0 Å². The SMILES string of the molecule is C=[N+]=C(c1ccccc1)c1cc(Cl)ccc1NC(=O)CC1CCCCCC1. The van der Waals surface area contributed by atoms with Gasteiger partial charge in [-0.05, 0) is 49.1 Å². The average Bonchev–Trinajstić information content (AvgIpc) is 2.94. The van der Waals surface area contributed by atoms with Crippen LogP contribution in [0.4, 0.5) is 5.69 Å². The molecule has 1 aliphatic rings. The number of halogens is 1. The molecule has 0 radical (unpaired) electrons. The Kier molecular flexibility index (Phi) is 6.86. The third-order valence-electron chi connectivity index (χ3n) is 5.16. The van der Waals surface area contributed by atoms with Crippen molar-refractivity contribution in [2.45, 2.75) is 44.9 Å². The lowest BCUT2D eigenvalue weighted by Gasteiger charge is -2.14. The number of amides is 1. The van der Waals surface area contributed by atoms with Crippen LogP contribution in [-0.4, -0.2) is 18.3 Å². The van der Waals surface area contributed by atoms with Gasteiger partial charge in [-0.2, -0.15) is 0 Å². The van der Waals surface area contributed by atoms with Crippen LogP contribution in [0.1, 0.15) is 56.1 Å². The Labute approximate surface area is 166 Å². The van der Waals surface area contributed by atoms with Gasteiger partial charge in [0, 0.05) is 11.4 Å².